The Labute approximate surface area is 155 Å². The van der Waals surface area contributed by atoms with Gasteiger partial charge >= 0.3 is 6.18 Å². The van der Waals surface area contributed by atoms with Crippen molar-refractivity contribution >= 4 is 15.7 Å². The average Bonchev–Trinajstić information content (AvgIpc) is 2.62. The van der Waals surface area contributed by atoms with E-state index in [-0.39, 0.29) is 21.7 Å². The van der Waals surface area contributed by atoms with E-state index in [4.69, 9.17) is 0 Å². The largest absolute Gasteiger partial charge is 0.416 e. The van der Waals surface area contributed by atoms with Gasteiger partial charge in [-0.3, -0.25) is 4.72 Å². The lowest BCUT2D eigenvalue weighted by atomic mass is 9.98. The number of sulfonamides is 1. The highest BCUT2D eigenvalue weighted by Crippen LogP contribution is 2.37. The van der Waals surface area contributed by atoms with E-state index >= 15 is 0 Å². The molecule has 27 heavy (non-hydrogen) atoms. The van der Waals surface area contributed by atoms with Crippen molar-refractivity contribution < 1.29 is 21.6 Å². The van der Waals surface area contributed by atoms with Crippen LogP contribution in [0, 0.1) is 6.92 Å². The van der Waals surface area contributed by atoms with Crippen LogP contribution in [0.4, 0.5) is 18.9 Å². The minimum absolute atomic E-state index is 0.0692. The van der Waals surface area contributed by atoms with Gasteiger partial charge in [-0.1, -0.05) is 48.5 Å². The van der Waals surface area contributed by atoms with E-state index in [1.54, 1.807) is 42.5 Å². The van der Waals surface area contributed by atoms with Gasteiger partial charge < -0.3 is 0 Å². The maximum absolute atomic E-state index is 13.2. The van der Waals surface area contributed by atoms with E-state index in [2.05, 4.69) is 4.72 Å². The van der Waals surface area contributed by atoms with Crippen molar-refractivity contribution in [2.24, 2.45) is 0 Å². The molecule has 0 bridgehead atoms. The molecule has 7 heteroatoms. The number of nitrogens with one attached hydrogen (secondary N) is 1. The minimum Gasteiger partial charge on any atom is -0.279 e. The molecule has 0 saturated carbocycles. The SMILES string of the molecule is Cc1ccc(-c2ccccc2NS(=O)(=O)c2ccccc2)cc1C(F)(F)F. The Kier molecular flexibility index (Phi) is 4.97. The molecule has 0 unspecified atom stereocenters. The van der Waals surface area contributed by atoms with Gasteiger partial charge in [0.15, 0.2) is 0 Å². The van der Waals surface area contributed by atoms with Crippen LogP contribution in [0.25, 0.3) is 11.1 Å². The Bertz CT molecular complexity index is 1060. The van der Waals surface area contributed by atoms with Crippen molar-refractivity contribution in [2.45, 2.75) is 18.0 Å². The van der Waals surface area contributed by atoms with Crippen LogP contribution in [0.1, 0.15) is 11.1 Å². The first-order valence-corrected chi connectivity index (χ1v) is 9.52. The molecule has 0 amide bonds. The third kappa shape index (κ3) is 4.14. The van der Waals surface area contributed by atoms with Crippen LogP contribution in [0.5, 0.6) is 0 Å². The number of halogens is 3. The normalized spacial score (nSPS) is 12.0. The number of benzene rings is 3. The fourth-order valence-corrected chi connectivity index (χ4v) is 3.82. The smallest absolute Gasteiger partial charge is 0.279 e. The standard InChI is InChI=1S/C20H16F3NO2S/c1-14-11-12-15(13-18(14)20(21,22)23)17-9-5-6-10-19(17)24-27(25,26)16-7-3-2-4-8-16/h2-13,24H,1H3. The van der Waals surface area contributed by atoms with Gasteiger partial charge in [0.05, 0.1) is 16.1 Å². The third-order valence-electron chi connectivity index (χ3n) is 4.08. The molecular weight excluding hydrogens is 375 g/mol. The average molecular weight is 391 g/mol. The maximum Gasteiger partial charge on any atom is 0.416 e. The highest BCUT2D eigenvalue weighted by molar-refractivity contribution is 7.92. The molecule has 0 aliphatic rings. The first kappa shape index (κ1) is 19.0. The summed E-state index contributed by atoms with van der Waals surface area (Å²) in [5.41, 5.74) is 0.203. The van der Waals surface area contributed by atoms with Gasteiger partial charge in [0.1, 0.15) is 0 Å². The molecule has 3 aromatic carbocycles. The highest BCUT2D eigenvalue weighted by Gasteiger charge is 2.32. The minimum atomic E-state index is -4.49. The predicted molar refractivity (Wildman–Crippen MR) is 98.9 cm³/mol. The van der Waals surface area contributed by atoms with Crippen LogP contribution in [0.15, 0.2) is 77.7 Å². The van der Waals surface area contributed by atoms with Crippen LogP contribution in [0.2, 0.25) is 0 Å². The topological polar surface area (TPSA) is 46.2 Å². The van der Waals surface area contributed by atoms with Crippen LogP contribution in [-0.2, 0) is 16.2 Å². The van der Waals surface area contributed by atoms with E-state index in [0.29, 0.717) is 5.56 Å². The second kappa shape index (κ2) is 7.08. The number of alkyl halides is 3. The maximum atomic E-state index is 13.2. The van der Waals surface area contributed by atoms with Gasteiger partial charge in [0, 0.05) is 5.56 Å². The third-order valence-corrected chi connectivity index (χ3v) is 5.46. The zero-order chi connectivity index (χ0) is 19.7. The lowest BCUT2D eigenvalue weighted by Crippen LogP contribution is -2.13. The fraction of sp³-hybridized carbons (Fsp3) is 0.100. The Hall–Kier alpha value is -2.80. The summed E-state index contributed by atoms with van der Waals surface area (Å²) in [6, 6.07) is 18.1. The molecule has 0 saturated heterocycles. The molecule has 0 aromatic heterocycles. The van der Waals surface area contributed by atoms with Gasteiger partial charge in [-0.25, -0.2) is 8.42 Å². The molecule has 0 aliphatic heterocycles. The lowest BCUT2D eigenvalue weighted by Gasteiger charge is -2.15. The van der Waals surface area contributed by atoms with E-state index < -0.39 is 21.8 Å². The summed E-state index contributed by atoms with van der Waals surface area (Å²) in [6.45, 7) is 1.39. The molecule has 0 atom stereocenters. The van der Waals surface area contributed by atoms with Crippen LogP contribution in [-0.4, -0.2) is 8.42 Å². The number of hydrogen-bond acceptors (Lipinski definition) is 2. The number of para-hydroxylation sites is 1. The zero-order valence-corrected chi connectivity index (χ0v) is 15.1. The summed E-state index contributed by atoms with van der Waals surface area (Å²) in [5, 5.41) is 0. The van der Waals surface area contributed by atoms with Crippen molar-refractivity contribution in [1.29, 1.82) is 0 Å². The van der Waals surface area contributed by atoms with Gasteiger partial charge in [0.25, 0.3) is 10.0 Å². The van der Waals surface area contributed by atoms with Gasteiger partial charge in [-0.05, 0) is 42.3 Å². The summed E-state index contributed by atoms with van der Waals surface area (Å²) in [4.78, 5) is 0.0692. The van der Waals surface area contributed by atoms with Crippen molar-refractivity contribution in [1.82, 2.24) is 0 Å². The van der Waals surface area contributed by atoms with Crippen LogP contribution in [0.3, 0.4) is 0 Å². The van der Waals surface area contributed by atoms with E-state index in [0.717, 1.165) is 6.07 Å². The quantitative estimate of drug-likeness (QED) is 0.640. The number of aryl methyl sites for hydroxylation is 1. The molecule has 0 aliphatic carbocycles. The Balaban J connectivity index is 2.06. The monoisotopic (exact) mass is 391 g/mol. The second-order valence-electron chi connectivity index (χ2n) is 5.99. The molecule has 1 N–H and O–H groups in total. The van der Waals surface area contributed by atoms with Crippen LogP contribution >= 0.6 is 0 Å². The van der Waals surface area contributed by atoms with Gasteiger partial charge in [-0.15, -0.1) is 0 Å². The molecule has 3 rings (SSSR count). The highest BCUT2D eigenvalue weighted by atomic mass is 32.2. The molecule has 0 spiro atoms. The summed E-state index contributed by atoms with van der Waals surface area (Å²) in [7, 11) is -3.86. The first-order chi connectivity index (χ1) is 12.7. The summed E-state index contributed by atoms with van der Waals surface area (Å²) in [5.74, 6) is 0. The summed E-state index contributed by atoms with van der Waals surface area (Å²) in [6.07, 6.45) is -4.49. The molecule has 0 fully saturated rings. The van der Waals surface area contributed by atoms with Crippen molar-refractivity contribution in [3.05, 3.63) is 83.9 Å². The van der Waals surface area contributed by atoms with E-state index in [9.17, 15) is 21.6 Å². The second-order valence-corrected chi connectivity index (χ2v) is 7.67. The van der Waals surface area contributed by atoms with Gasteiger partial charge in [-0.2, -0.15) is 13.2 Å². The zero-order valence-electron chi connectivity index (χ0n) is 14.3. The summed E-state index contributed by atoms with van der Waals surface area (Å²) < 4.78 is 67.3. The Morgan fingerprint density at radius 2 is 1.48 bits per heavy atom. The van der Waals surface area contributed by atoms with Gasteiger partial charge in [0.2, 0.25) is 0 Å². The van der Waals surface area contributed by atoms with E-state index in [1.165, 1.54) is 31.2 Å². The van der Waals surface area contributed by atoms with Crippen molar-refractivity contribution in [2.75, 3.05) is 4.72 Å². The number of hydrogen-bond donors (Lipinski definition) is 1. The lowest BCUT2D eigenvalue weighted by molar-refractivity contribution is -0.138. The first-order valence-electron chi connectivity index (χ1n) is 8.03. The molecule has 140 valence electrons. The molecule has 3 nitrogen and oxygen atoms in total. The summed E-state index contributed by atoms with van der Waals surface area (Å²) >= 11 is 0. The van der Waals surface area contributed by atoms with Crippen molar-refractivity contribution in [3.8, 4) is 11.1 Å². The number of anilines is 1. The molecule has 0 radical (unpaired) electrons. The molecular formula is C20H16F3NO2S. The van der Waals surface area contributed by atoms with Crippen molar-refractivity contribution in [3.63, 3.8) is 0 Å². The molecule has 0 heterocycles. The van der Waals surface area contributed by atoms with E-state index in [1.807, 2.05) is 0 Å². The predicted octanol–water partition coefficient (Wildman–Crippen LogP) is 5.48. The fourth-order valence-electron chi connectivity index (χ4n) is 2.72. The Morgan fingerprint density at radius 3 is 2.15 bits per heavy atom. The van der Waals surface area contributed by atoms with Crippen LogP contribution < -0.4 is 4.72 Å². The Morgan fingerprint density at radius 1 is 0.852 bits per heavy atom. The molecule has 3 aromatic rings. The number of rotatable bonds is 4.